The molecule has 1 fully saturated rings. The second-order valence-corrected chi connectivity index (χ2v) is 4.90. The predicted octanol–water partition coefficient (Wildman–Crippen LogP) is 2.91. The van der Waals surface area contributed by atoms with E-state index in [1.165, 1.54) is 12.8 Å². The van der Waals surface area contributed by atoms with E-state index in [0.717, 1.165) is 22.4 Å². The molecule has 84 valence electrons. The van der Waals surface area contributed by atoms with Crippen LogP contribution in [-0.4, -0.2) is 12.6 Å². The first kappa shape index (κ1) is 11.3. The molecule has 1 aromatic carbocycles. The van der Waals surface area contributed by atoms with Gasteiger partial charge in [0.1, 0.15) is 0 Å². The van der Waals surface area contributed by atoms with Gasteiger partial charge in [-0.15, -0.1) is 0 Å². The van der Waals surface area contributed by atoms with Crippen molar-refractivity contribution in [2.24, 2.45) is 0 Å². The maximum absolute atomic E-state index is 8.67. The molecule has 4 heteroatoms. The Bertz CT molecular complexity index is 421. The minimum atomic E-state index is 0.563. The van der Waals surface area contributed by atoms with Crippen LogP contribution in [0.2, 0.25) is 0 Å². The number of halogens is 1. The fourth-order valence-corrected chi connectivity index (χ4v) is 2.44. The summed E-state index contributed by atoms with van der Waals surface area (Å²) in [5, 5.41) is 8.67. The van der Waals surface area contributed by atoms with Crippen molar-refractivity contribution in [2.45, 2.75) is 25.3 Å². The van der Waals surface area contributed by atoms with Gasteiger partial charge in [-0.3, -0.25) is 0 Å². The Morgan fingerprint density at radius 1 is 1.50 bits per heavy atom. The van der Waals surface area contributed by atoms with Crippen LogP contribution in [0.3, 0.4) is 0 Å². The van der Waals surface area contributed by atoms with E-state index in [9.17, 15) is 0 Å². The minimum Gasteiger partial charge on any atom is -0.399 e. The number of hydrogen-bond donors (Lipinski definition) is 1. The van der Waals surface area contributed by atoms with Crippen molar-refractivity contribution in [3.8, 4) is 6.07 Å². The molecule has 1 aliphatic rings. The fourth-order valence-electron chi connectivity index (χ4n) is 1.81. The van der Waals surface area contributed by atoms with Gasteiger partial charge in [0.05, 0.1) is 18.2 Å². The van der Waals surface area contributed by atoms with Crippen molar-refractivity contribution in [1.29, 1.82) is 5.26 Å². The van der Waals surface area contributed by atoms with E-state index in [4.69, 9.17) is 11.0 Å². The summed E-state index contributed by atoms with van der Waals surface area (Å²) < 4.78 is 1.01. The second kappa shape index (κ2) is 4.75. The summed E-state index contributed by atoms with van der Waals surface area (Å²) in [4.78, 5) is 2.30. The lowest BCUT2D eigenvalue weighted by molar-refractivity contribution is 0.791. The molecule has 2 N–H and O–H groups in total. The number of nitriles is 1. The summed E-state index contributed by atoms with van der Waals surface area (Å²) in [6.07, 6.45) is 3.01. The number of hydrogen-bond acceptors (Lipinski definition) is 3. The third-order valence-electron chi connectivity index (χ3n) is 2.73. The number of rotatable bonds is 4. The highest BCUT2D eigenvalue weighted by atomic mass is 79.9. The second-order valence-electron chi connectivity index (χ2n) is 4.04. The van der Waals surface area contributed by atoms with Crippen molar-refractivity contribution in [3.63, 3.8) is 0 Å². The summed E-state index contributed by atoms with van der Waals surface area (Å²) in [5.41, 5.74) is 7.62. The summed E-state index contributed by atoms with van der Waals surface area (Å²) in [6.45, 7) is 0.795. The van der Waals surface area contributed by atoms with Gasteiger partial charge in [0.2, 0.25) is 0 Å². The van der Waals surface area contributed by atoms with Gasteiger partial charge in [-0.2, -0.15) is 5.26 Å². The van der Waals surface area contributed by atoms with Crippen molar-refractivity contribution < 1.29 is 0 Å². The van der Waals surface area contributed by atoms with Crippen LogP contribution in [0.1, 0.15) is 19.3 Å². The van der Waals surface area contributed by atoms with Gasteiger partial charge in [0.15, 0.2) is 0 Å². The topological polar surface area (TPSA) is 53.0 Å². The van der Waals surface area contributed by atoms with Crippen LogP contribution in [0.4, 0.5) is 11.4 Å². The summed E-state index contributed by atoms with van der Waals surface area (Å²) in [6, 6.07) is 8.65. The summed E-state index contributed by atoms with van der Waals surface area (Å²) in [7, 11) is 0. The Morgan fingerprint density at radius 2 is 2.25 bits per heavy atom. The van der Waals surface area contributed by atoms with E-state index >= 15 is 0 Å². The van der Waals surface area contributed by atoms with Crippen LogP contribution in [0, 0.1) is 11.3 Å². The van der Waals surface area contributed by atoms with Gasteiger partial charge >= 0.3 is 0 Å². The monoisotopic (exact) mass is 279 g/mol. The van der Waals surface area contributed by atoms with Crippen LogP contribution in [0.15, 0.2) is 22.7 Å². The lowest BCUT2D eigenvalue weighted by Gasteiger charge is -2.25. The molecule has 16 heavy (non-hydrogen) atoms. The van der Waals surface area contributed by atoms with Gasteiger partial charge in [-0.05, 0) is 47.0 Å². The Labute approximate surface area is 104 Å². The summed E-state index contributed by atoms with van der Waals surface area (Å²) >= 11 is 3.53. The maximum Gasteiger partial charge on any atom is 0.0640 e. The molecule has 2 rings (SSSR count). The third-order valence-corrected chi connectivity index (χ3v) is 3.37. The van der Waals surface area contributed by atoms with Crippen LogP contribution < -0.4 is 10.6 Å². The summed E-state index contributed by atoms with van der Waals surface area (Å²) in [5.74, 6) is 0. The van der Waals surface area contributed by atoms with Gasteiger partial charge in [0, 0.05) is 22.7 Å². The van der Waals surface area contributed by atoms with Gasteiger partial charge in [-0.1, -0.05) is 0 Å². The average Bonchev–Trinajstić information content (AvgIpc) is 3.05. The minimum absolute atomic E-state index is 0.563. The molecule has 0 atom stereocenters. The first-order valence-electron chi connectivity index (χ1n) is 5.41. The predicted molar refractivity (Wildman–Crippen MR) is 69.2 cm³/mol. The van der Waals surface area contributed by atoms with Crippen LogP contribution in [0.5, 0.6) is 0 Å². The van der Waals surface area contributed by atoms with Gasteiger partial charge in [0.25, 0.3) is 0 Å². The zero-order valence-electron chi connectivity index (χ0n) is 8.99. The molecule has 0 bridgehead atoms. The maximum atomic E-state index is 8.67. The Kier molecular flexibility index (Phi) is 3.35. The highest BCUT2D eigenvalue weighted by Gasteiger charge is 2.29. The normalized spacial score (nSPS) is 14.5. The highest BCUT2D eigenvalue weighted by molar-refractivity contribution is 9.10. The number of nitrogens with zero attached hydrogens (tertiary/aromatic N) is 2. The molecule has 0 amide bonds. The van der Waals surface area contributed by atoms with Crippen molar-refractivity contribution >= 4 is 27.3 Å². The number of anilines is 2. The molecule has 0 spiro atoms. The molecule has 0 radical (unpaired) electrons. The Balaban J connectivity index is 2.21. The first-order valence-corrected chi connectivity index (χ1v) is 6.20. The van der Waals surface area contributed by atoms with E-state index < -0.39 is 0 Å². The van der Waals surface area contributed by atoms with E-state index in [0.29, 0.717) is 12.5 Å². The molecule has 0 unspecified atom stereocenters. The fraction of sp³-hybridized carbons (Fsp3) is 0.417. The number of nitrogens with two attached hydrogens (primary N) is 1. The molecule has 1 aromatic rings. The lowest BCUT2D eigenvalue weighted by Crippen LogP contribution is -2.26. The molecule has 0 saturated heterocycles. The largest absolute Gasteiger partial charge is 0.399 e. The first-order chi connectivity index (χ1) is 7.72. The molecule has 0 aromatic heterocycles. The zero-order chi connectivity index (χ0) is 11.5. The smallest absolute Gasteiger partial charge is 0.0640 e. The van der Waals surface area contributed by atoms with E-state index in [-0.39, 0.29) is 0 Å². The van der Waals surface area contributed by atoms with Crippen molar-refractivity contribution in [3.05, 3.63) is 22.7 Å². The Hall–Kier alpha value is -1.21. The number of benzene rings is 1. The van der Waals surface area contributed by atoms with E-state index in [1.807, 2.05) is 18.2 Å². The average molecular weight is 280 g/mol. The molecule has 0 aliphatic heterocycles. The van der Waals surface area contributed by atoms with Gasteiger partial charge < -0.3 is 10.6 Å². The van der Waals surface area contributed by atoms with Crippen LogP contribution in [0.25, 0.3) is 0 Å². The van der Waals surface area contributed by atoms with Crippen LogP contribution in [-0.2, 0) is 0 Å². The van der Waals surface area contributed by atoms with Crippen molar-refractivity contribution in [1.82, 2.24) is 0 Å². The standard InChI is InChI=1S/C12H14BrN3/c13-11-8-9(15)2-5-12(11)16(7-1-6-14)10-3-4-10/h2,5,8,10H,1,3-4,7,15H2. The van der Waals surface area contributed by atoms with E-state index in [2.05, 4.69) is 26.9 Å². The quantitative estimate of drug-likeness (QED) is 0.863. The van der Waals surface area contributed by atoms with Crippen molar-refractivity contribution in [2.75, 3.05) is 17.2 Å². The Morgan fingerprint density at radius 3 is 2.81 bits per heavy atom. The van der Waals surface area contributed by atoms with E-state index in [1.54, 1.807) is 0 Å². The highest BCUT2D eigenvalue weighted by Crippen LogP contribution is 2.36. The third kappa shape index (κ3) is 2.48. The van der Waals surface area contributed by atoms with Crippen LogP contribution >= 0.6 is 15.9 Å². The van der Waals surface area contributed by atoms with Gasteiger partial charge in [-0.25, -0.2) is 0 Å². The molecule has 0 heterocycles. The molecular weight excluding hydrogens is 266 g/mol. The molecular formula is C12H14BrN3. The zero-order valence-corrected chi connectivity index (χ0v) is 10.6. The molecule has 1 aliphatic carbocycles. The molecule has 3 nitrogen and oxygen atoms in total. The SMILES string of the molecule is N#CCCN(c1ccc(N)cc1Br)C1CC1. The number of nitrogen functional groups attached to an aromatic ring is 1. The lowest BCUT2D eigenvalue weighted by atomic mass is 10.2. The molecule has 1 saturated carbocycles.